The Morgan fingerprint density at radius 1 is 1.18 bits per heavy atom. The molecule has 2 heterocycles. The molecule has 0 unspecified atom stereocenters. The maximum absolute atomic E-state index is 12.7. The topological polar surface area (TPSA) is 49.4 Å². The number of rotatable bonds is 7. The lowest BCUT2D eigenvalue weighted by molar-refractivity contribution is -0.133. The van der Waals surface area contributed by atoms with Crippen LogP contribution in [-0.2, 0) is 21.4 Å². The van der Waals surface area contributed by atoms with Gasteiger partial charge in [-0.1, -0.05) is 48.5 Å². The van der Waals surface area contributed by atoms with Gasteiger partial charge in [-0.25, -0.2) is 0 Å². The van der Waals surface area contributed by atoms with Crippen LogP contribution in [0.3, 0.4) is 0 Å². The lowest BCUT2D eigenvalue weighted by Crippen LogP contribution is -2.50. The van der Waals surface area contributed by atoms with E-state index in [1.807, 2.05) is 35.2 Å². The van der Waals surface area contributed by atoms with Crippen molar-refractivity contribution < 1.29 is 9.59 Å². The van der Waals surface area contributed by atoms with Gasteiger partial charge in [-0.05, 0) is 43.0 Å². The van der Waals surface area contributed by atoms with Gasteiger partial charge in [-0.2, -0.15) is 0 Å². The highest BCUT2D eigenvalue weighted by Gasteiger charge is 2.37. The average Bonchev–Trinajstić information content (AvgIpc) is 3.16. The van der Waals surface area contributed by atoms with Gasteiger partial charge in [-0.3, -0.25) is 9.59 Å². The second kappa shape index (κ2) is 9.39. The summed E-state index contributed by atoms with van der Waals surface area (Å²) in [6.07, 6.45) is 4.18. The molecular formula is C22H25ClN2O2S. The van der Waals surface area contributed by atoms with E-state index in [4.69, 9.17) is 11.6 Å². The maximum atomic E-state index is 12.7. The Morgan fingerprint density at radius 2 is 1.89 bits per heavy atom. The Hall–Kier alpha value is -2.11. The minimum absolute atomic E-state index is 0.155. The van der Waals surface area contributed by atoms with Crippen LogP contribution in [0.1, 0.15) is 29.7 Å². The van der Waals surface area contributed by atoms with Gasteiger partial charge < -0.3 is 10.2 Å². The molecule has 1 N–H and O–H groups in total. The Labute approximate surface area is 175 Å². The van der Waals surface area contributed by atoms with Crippen LogP contribution in [-0.4, -0.2) is 36.3 Å². The van der Waals surface area contributed by atoms with Crippen molar-refractivity contribution in [3.05, 3.63) is 69.9 Å². The summed E-state index contributed by atoms with van der Waals surface area (Å²) >= 11 is 7.49. The highest BCUT2D eigenvalue weighted by Crippen LogP contribution is 2.35. The van der Waals surface area contributed by atoms with E-state index in [1.54, 1.807) is 0 Å². The molecule has 0 aliphatic carbocycles. The van der Waals surface area contributed by atoms with Gasteiger partial charge in [0.1, 0.15) is 0 Å². The van der Waals surface area contributed by atoms with Crippen LogP contribution >= 0.6 is 22.9 Å². The van der Waals surface area contributed by atoms with Gasteiger partial charge in [0.25, 0.3) is 0 Å². The van der Waals surface area contributed by atoms with Crippen LogP contribution in [0.15, 0.2) is 55.1 Å². The van der Waals surface area contributed by atoms with E-state index >= 15 is 0 Å². The second-order valence-corrected chi connectivity index (χ2v) is 8.95. The summed E-state index contributed by atoms with van der Waals surface area (Å²) in [7, 11) is 0. The predicted octanol–water partition coefficient (Wildman–Crippen LogP) is 4.20. The van der Waals surface area contributed by atoms with E-state index in [2.05, 4.69) is 24.0 Å². The molecule has 0 spiro atoms. The molecule has 1 aromatic carbocycles. The minimum Gasteiger partial charge on any atom is -0.352 e. The van der Waals surface area contributed by atoms with Crippen LogP contribution in [0.5, 0.6) is 0 Å². The SMILES string of the molecule is C=CC(=O)NCC1(c2ccccc2)CCN(C(=O)CCc2ccc(Cl)s2)CC1. The number of aryl methyl sites for hydroxylation is 1. The Bertz CT molecular complexity index is 826. The minimum atomic E-state index is -0.163. The second-order valence-electron chi connectivity index (χ2n) is 7.15. The zero-order valence-electron chi connectivity index (χ0n) is 15.8. The van der Waals surface area contributed by atoms with Gasteiger partial charge in [0, 0.05) is 36.3 Å². The van der Waals surface area contributed by atoms with Crippen molar-refractivity contribution in [2.75, 3.05) is 19.6 Å². The zero-order chi connectivity index (χ0) is 20.0. The number of hydrogen-bond acceptors (Lipinski definition) is 3. The molecule has 1 saturated heterocycles. The molecule has 0 radical (unpaired) electrons. The molecule has 1 aliphatic rings. The lowest BCUT2D eigenvalue weighted by Gasteiger charge is -2.42. The fraction of sp³-hybridized carbons (Fsp3) is 0.364. The van der Waals surface area contributed by atoms with E-state index < -0.39 is 0 Å². The lowest BCUT2D eigenvalue weighted by atomic mass is 9.72. The molecule has 2 amide bonds. The standard InChI is InChI=1S/C22H25ClN2O2S/c1-2-20(26)24-16-22(17-6-4-3-5-7-17)12-14-25(15-13-22)21(27)11-9-18-8-10-19(23)28-18/h2-8,10H,1,9,11-16H2,(H,24,26). The average molecular weight is 417 g/mol. The number of benzene rings is 1. The molecule has 4 nitrogen and oxygen atoms in total. The van der Waals surface area contributed by atoms with Gasteiger partial charge >= 0.3 is 0 Å². The molecule has 148 valence electrons. The number of halogens is 1. The molecule has 0 bridgehead atoms. The third-order valence-corrected chi connectivity index (χ3v) is 6.75. The Kier molecular flexibility index (Phi) is 6.92. The molecule has 0 atom stereocenters. The van der Waals surface area contributed by atoms with Gasteiger partial charge in [0.15, 0.2) is 0 Å². The number of amides is 2. The summed E-state index contributed by atoms with van der Waals surface area (Å²) in [6.45, 7) is 5.48. The first-order valence-corrected chi connectivity index (χ1v) is 10.7. The van der Waals surface area contributed by atoms with E-state index in [0.717, 1.165) is 28.5 Å². The third kappa shape index (κ3) is 5.03. The first-order valence-electron chi connectivity index (χ1n) is 9.50. The summed E-state index contributed by atoms with van der Waals surface area (Å²) in [5.74, 6) is 0.0183. The Morgan fingerprint density at radius 3 is 2.50 bits per heavy atom. The largest absolute Gasteiger partial charge is 0.352 e. The number of piperidine rings is 1. The monoisotopic (exact) mass is 416 g/mol. The van der Waals surface area contributed by atoms with Crippen molar-refractivity contribution in [1.82, 2.24) is 10.2 Å². The normalized spacial score (nSPS) is 15.8. The van der Waals surface area contributed by atoms with Gasteiger partial charge in [-0.15, -0.1) is 11.3 Å². The number of nitrogens with one attached hydrogen (secondary N) is 1. The van der Waals surface area contributed by atoms with E-state index in [9.17, 15) is 9.59 Å². The first-order chi connectivity index (χ1) is 13.5. The van der Waals surface area contributed by atoms with Crippen molar-refractivity contribution in [2.45, 2.75) is 31.1 Å². The van der Waals surface area contributed by atoms with Crippen LogP contribution in [0.25, 0.3) is 0 Å². The summed E-state index contributed by atoms with van der Waals surface area (Å²) in [5, 5.41) is 2.96. The fourth-order valence-electron chi connectivity index (χ4n) is 3.75. The van der Waals surface area contributed by atoms with Crippen LogP contribution < -0.4 is 5.32 Å². The molecule has 0 saturated carbocycles. The van der Waals surface area contributed by atoms with Gasteiger partial charge in [0.05, 0.1) is 4.34 Å². The van der Waals surface area contributed by atoms with Crippen molar-refractivity contribution in [3.63, 3.8) is 0 Å². The summed E-state index contributed by atoms with van der Waals surface area (Å²) < 4.78 is 0.759. The van der Waals surface area contributed by atoms with Crippen molar-refractivity contribution in [2.24, 2.45) is 0 Å². The van der Waals surface area contributed by atoms with E-state index in [0.29, 0.717) is 26.1 Å². The Balaban J connectivity index is 1.62. The van der Waals surface area contributed by atoms with Crippen molar-refractivity contribution in [1.29, 1.82) is 0 Å². The number of hydrogen-bond donors (Lipinski definition) is 1. The summed E-state index contributed by atoms with van der Waals surface area (Å²) in [6, 6.07) is 14.1. The molecule has 1 aromatic heterocycles. The predicted molar refractivity (Wildman–Crippen MR) is 115 cm³/mol. The highest BCUT2D eigenvalue weighted by atomic mass is 35.5. The quantitative estimate of drug-likeness (QED) is 0.688. The van der Waals surface area contributed by atoms with Crippen molar-refractivity contribution in [3.8, 4) is 0 Å². The number of carbonyl (C=O) groups excluding carboxylic acids is 2. The van der Waals surface area contributed by atoms with Crippen LogP contribution in [0.2, 0.25) is 4.34 Å². The molecular weight excluding hydrogens is 392 g/mol. The smallest absolute Gasteiger partial charge is 0.243 e. The van der Waals surface area contributed by atoms with E-state index in [1.165, 1.54) is 23.0 Å². The number of likely N-dealkylation sites (tertiary alicyclic amines) is 1. The number of carbonyl (C=O) groups is 2. The summed E-state index contributed by atoms with van der Waals surface area (Å²) in [5.41, 5.74) is 1.05. The third-order valence-electron chi connectivity index (χ3n) is 5.46. The molecule has 1 fully saturated rings. The van der Waals surface area contributed by atoms with Crippen LogP contribution in [0.4, 0.5) is 0 Å². The van der Waals surface area contributed by atoms with Gasteiger partial charge in [0.2, 0.25) is 11.8 Å². The summed E-state index contributed by atoms with van der Waals surface area (Å²) in [4.78, 5) is 27.5. The number of thiophene rings is 1. The maximum Gasteiger partial charge on any atom is 0.243 e. The first kappa shape index (κ1) is 20.6. The zero-order valence-corrected chi connectivity index (χ0v) is 17.4. The molecule has 3 rings (SSSR count). The molecule has 6 heteroatoms. The fourth-order valence-corrected chi connectivity index (χ4v) is 4.83. The molecule has 1 aliphatic heterocycles. The molecule has 28 heavy (non-hydrogen) atoms. The van der Waals surface area contributed by atoms with Crippen LogP contribution in [0, 0.1) is 0 Å². The molecule has 2 aromatic rings. The van der Waals surface area contributed by atoms with E-state index in [-0.39, 0.29) is 17.2 Å². The number of nitrogens with zero attached hydrogens (tertiary/aromatic N) is 1. The van der Waals surface area contributed by atoms with Crippen molar-refractivity contribution >= 4 is 34.8 Å². The highest BCUT2D eigenvalue weighted by molar-refractivity contribution is 7.16.